The van der Waals surface area contributed by atoms with Crippen LogP contribution < -0.4 is 9.47 Å². The molecule has 0 fully saturated rings. The highest BCUT2D eigenvalue weighted by molar-refractivity contribution is 6.21. The Morgan fingerprint density at radius 1 is 0.905 bits per heavy atom. The fraction of sp³-hybridized carbons (Fsp3) is 0.667. The molecule has 0 aliphatic carbocycles. The van der Waals surface area contributed by atoms with Crippen molar-refractivity contribution >= 4 is 11.6 Å². The van der Waals surface area contributed by atoms with Crippen LogP contribution in [0.4, 0.5) is 0 Å². The Hall–Kier alpha value is -0.890. The van der Waals surface area contributed by atoms with Gasteiger partial charge in [-0.05, 0) is 36.5 Å². The molecule has 1 aromatic rings. The van der Waals surface area contributed by atoms with Gasteiger partial charge in [0.25, 0.3) is 0 Å². The zero-order valence-corrected chi connectivity index (χ0v) is 14.6. The number of ether oxygens (including phenoxy) is 2. The lowest BCUT2D eigenvalue weighted by Crippen LogP contribution is -2.07. The minimum absolute atomic E-state index is 0.0317. The fourth-order valence-corrected chi connectivity index (χ4v) is 2.82. The summed E-state index contributed by atoms with van der Waals surface area (Å²) in [5.41, 5.74) is 1.13. The summed E-state index contributed by atoms with van der Waals surface area (Å²) in [4.78, 5) is 0. The molecule has 1 rings (SSSR count). The first-order chi connectivity index (χ1) is 10.2. The molecule has 0 radical (unpaired) electrons. The first kappa shape index (κ1) is 18.2. The maximum Gasteiger partial charge on any atom is 0.161 e. The van der Waals surface area contributed by atoms with E-state index in [0.29, 0.717) is 19.1 Å². The highest BCUT2D eigenvalue weighted by Crippen LogP contribution is 2.38. The summed E-state index contributed by atoms with van der Waals surface area (Å²) >= 11 is 6.64. The summed E-state index contributed by atoms with van der Waals surface area (Å²) < 4.78 is 11.6. The van der Waals surface area contributed by atoms with Gasteiger partial charge >= 0.3 is 0 Å². The maximum absolute atomic E-state index is 6.64. The Labute approximate surface area is 134 Å². The lowest BCUT2D eigenvalue weighted by atomic mass is 9.94. The van der Waals surface area contributed by atoms with Crippen LogP contribution in [0.25, 0.3) is 0 Å². The van der Waals surface area contributed by atoms with E-state index in [1.54, 1.807) is 0 Å². The van der Waals surface area contributed by atoms with Crippen molar-refractivity contribution in [3.05, 3.63) is 23.8 Å². The van der Waals surface area contributed by atoms with Crippen LogP contribution in [0, 0.1) is 5.92 Å². The summed E-state index contributed by atoms with van der Waals surface area (Å²) in [5.74, 6) is 2.13. The first-order valence-corrected chi connectivity index (χ1v) is 8.65. The maximum atomic E-state index is 6.64. The number of benzene rings is 1. The molecule has 0 heterocycles. The molecule has 0 N–H and O–H groups in total. The van der Waals surface area contributed by atoms with Crippen LogP contribution in [0.1, 0.15) is 64.3 Å². The third-order valence-corrected chi connectivity index (χ3v) is 4.28. The molecule has 0 aliphatic heterocycles. The van der Waals surface area contributed by atoms with Gasteiger partial charge in [0.15, 0.2) is 11.5 Å². The molecule has 1 atom stereocenters. The Morgan fingerprint density at radius 2 is 1.48 bits per heavy atom. The van der Waals surface area contributed by atoms with Gasteiger partial charge < -0.3 is 9.47 Å². The highest BCUT2D eigenvalue weighted by Gasteiger charge is 2.19. The molecule has 0 bridgehead atoms. The van der Waals surface area contributed by atoms with Crippen molar-refractivity contribution < 1.29 is 9.47 Å². The predicted octanol–water partition coefficient (Wildman–Crippen LogP) is 5.98. The highest BCUT2D eigenvalue weighted by atomic mass is 35.5. The van der Waals surface area contributed by atoms with Crippen LogP contribution in [0.2, 0.25) is 0 Å². The van der Waals surface area contributed by atoms with Crippen LogP contribution in [0.15, 0.2) is 18.2 Å². The molecule has 0 aliphatic rings. The van der Waals surface area contributed by atoms with Crippen molar-refractivity contribution in [3.8, 4) is 11.5 Å². The Kier molecular flexibility index (Phi) is 8.60. The number of hydrogen-bond acceptors (Lipinski definition) is 2. The van der Waals surface area contributed by atoms with Gasteiger partial charge in [0.05, 0.1) is 18.6 Å². The van der Waals surface area contributed by atoms with Gasteiger partial charge in [-0.1, -0.05) is 46.6 Å². The van der Waals surface area contributed by atoms with Crippen molar-refractivity contribution in [2.45, 2.75) is 58.8 Å². The lowest BCUT2D eigenvalue weighted by Gasteiger charge is -2.21. The van der Waals surface area contributed by atoms with Gasteiger partial charge in [-0.3, -0.25) is 0 Å². The zero-order valence-electron chi connectivity index (χ0n) is 13.8. The first-order valence-electron chi connectivity index (χ1n) is 8.21. The molecule has 0 amide bonds. The van der Waals surface area contributed by atoms with E-state index in [1.165, 1.54) is 0 Å². The Balaban J connectivity index is 2.96. The smallest absolute Gasteiger partial charge is 0.161 e. The van der Waals surface area contributed by atoms with Crippen molar-refractivity contribution in [1.29, 1.82) is 0 Å². The second-order valence-corrected chi connectivity index (χ2v) is 5.85. The molecular formula is C18H29ClO2. The van der Waals surface area contributed by atoms with Gasteiger partial charge in [0.2, 0.25) is 0 Å². The van der Waals surface area contributed by atoms with Gasteiger partial charge in [0.1, 0.15) is 0 Å². The van der Waals surface area contributed by atoms with E-state index in [2.05, 4.69) is 39.8 Å². The van der Waals surface area contributed by atoms with Crippen molar-refractivity contribution in [2.24, 2.45) is 5.92 Å². The molecule has 3 heteroatoms. The largest absolute Gasteiger partial charge is 0.490 e. The van der Waals surface area contributed by atoms with E-state index in [-0.39, 0.29) is 5.38 Å². The van der Waals surface area contributed by atoms with Crippen LogP contribution in [0.3, 0.4) is 0 Å². The minimum Gasteiger partial charge on any atom is -0.490 e. The fourth-order valence-electron chi connectivity index (χ4n) is 2.33. The van der Waals surface area contributed by atoms with Crippen LogP contribution in [0.5, 0.6) is 11.5 Å². The SMILES string of the molecule is CCCOc1ccc(C(Cl)C(CC)CC)cc1OCCC. The molecular weight excluding hydrogens is 284 g/mol. The number of rotatable bonds is 10. The topological polar surface area (TPSA) is 18.5 Å². The summed E-state index contributed by atoms with van der Waals surface area (Å²) in [5, 5.41) is 0.0317. The monoisotopic (exact) mass is 312 g/mol. The van der Waals surface area contributed by atoms with E-state index in [0.717, 1.165) is 42.7 Å². The lowest BCUT2D eigenvalue weighted by molar-refractivity contribution is 0.268. The molecule has 120 valence electrons. The predicted molar refractivity (Wildman–Crippen MR) is 90.7 cm³/mol. The average molecular weight is 313 g/mol. The third kappa shape index (κ3) is 5.43. The standard InChI is InChI=1S/C18H29ClO2/c1-5-11-20-16-10-9-15(13-17(16)21-12-6-2)18(19)14(7-3)8-4/h9-10,13-14,18H,5-8,11-12H2,1-4H3. The molecule has 0 saturated heterocycles. The minimum atomic E-state index is 0.0317. The molecule has 0 spiro atoms. The van der Waals surface area contributed by atoms with Gasteiger partial charge in [-0.15, -0.1) is 11.6 Å². The molecule has 0 aromatic heterocycles. The zero-order chi connectivity index (χ0) is 15.7. The van der Waals surface area contributed by atoms with Crippen molar-refractivity contribution in [1.82, 2.24) is 0 Å². The average Bonchev–Trinajstić information content (AvgIpc) is 2.52. The normalized spacial score (nSPS) is 12.5. The van der Waals surface area contributed by atoms with Gasteiger partial charge in [-0.25, -0.2) is 0 Å². The Bertz CT molecular complexity index is 402. The van der Waals surface area contributed by atoms with E-state index >= 15 is 0 Å². The molecule has 2 nitrogen and oxygen atoms in total. The van der Waals surface area contributed by atoms with E-state index in [1.807, 2.05) is 6.07 Å². The van der Waals surface area contributed by atoms with E-state index < -0.39 is 0 Å². The van der Waals surface area contributed by atoms with Gasteiger partial charge in [-0.2, -0.15) is 0 Å². The second kappa shape index (κ2) is 9.94. The summed E-state index contributed by atoms with van der Waals surface area (Å²) in [6.45, 7) is 9.99. The number of hydrogen-bond donors (Lipinski definition) is 0. The van der Waals surface area contributed by atoms with E-state index in [4.69, 9.17) is 21.1 Å². The second-order valence-electron chi connectivity index (χ2n) is 5.38. The third-order valence-electron chi connectivity index (χ3n) is 3.67. The van der Waals surface area contributed by atoms with Crippen molar-refractivity contribution in [2.75, 3.05) is 13.2 Å². The van der Waals surface area contributed by atoms with Gasteiger partial charge in [0, 0.05) is 0 Å². The molecule has 0 saturated carbocycles. The van der Waals surface area contributed by atoms with E-state index in [9.17, 15) is 0 Å². The summed E-state index contributed by atoms with van der Waals surface area (Å²) in [6, 6.07) is 6.12. The van der Waals surface area contributed by atoms with Crippen molar-refractivity contribution in [3.63, 3.8) is 0 Å². The summed E-state index contributed by atoms with van der Waals surface area (Å²) in [6.07, 6.45) is 4.14. The van der Waals surface area contributed by atoms with Crippen LogP contribution >= 0.6 is 11.6 Å². The molecule has 1 aromatic carbocycles. The quantitative estimate of drug-likeness (QED) is 0.495. The Morgan fingerprint density at radius 3 is 2.00 bits per heavy atom. The van der Waals surface area contributed by atoms with Crippen LogP contribution in [-0.4, -0.2) is 13.2 Å². The number of alkyl halides is 1. The van der Waals surface area contributed by atoms with Crippen LogP contribution in [-0.2, 0) is 0 Å². The molecule has 21 heavy (non-hydrogen) atoms. The summed E-state index contributed by atoms with van der Waals surface area (Å²) in [7, 11) is 0. The molecule has 1 unspecified atom stereocenters. The number of halogens is 1.